The van der Waals surface area contributed by atoms with Gasteiger partial charge in [0, 0.05) is 18.4 Å². The van der Waals surface area contributed by atoms with Crippen LogP contribution in [0.5, 0.6) is 0 Å². The molecule has 1 amide bonds. The van der Waals surface area contributed by atoms with Gasteiger partial charge in [0.2, 0.25) is 5.91 Å². The van der Waals surface area contributed by atoms with Gasteiger partial charge in [-0.05, 0) is 12.1 Å². The van der Waals surface area contributed by atoms with Crippen molar-refractivity contribution in [1.29, 1.82) is 0 Å². The molecule has 1 heterocycles. The van der Waals surface area contributed by atoms with Gasteiger partial charge in [0.05, 0.1) is 10.7 Å². The summed E-state index contributed by atoms with van der Waals surface area (Å²) in [4.78, 5) is 25.8. The van der Waals surface area contributed by atoms with E-state index in [-0.39, 0.29) is 11.7 Å². The van der Waals surface area contributed by atoms with Crippen molar-refractivity contribution in [2.24, 2.45) is 0 Å². The van der Waals surface area contributed by atoms with E-state index >= 15 is 0 Å². The third-order valence-electron chi connectivity index (χ3n) is 2.08. The quantitative estimate of drug-likeness (QED) is 0.785. The Labute approximate surface area is 124 Å². The monoisotopic (exact) mass is 322 g/mol. The van der Waals surface area contributed by atoms with E-state index in [0.29, 0.717) is 21.6 Å². The summed E-state index contributed by atoms with van der Waals surface area (Å²) in [6.45, 7) is 1.27. The fourth-order valence-corrected chi connectivity index (χ4v) is 2.66. The van der Waals surface area contributed by atoms with E-state index in [4.69, 9.17) is 28.3 Å². The first-order chi connectivity index (χ1) is 8.90. The normalized spacial score (nSPS) is 11.9. The summed E-state index contributed by atoms with van der Waals surface area (Å²) in [5, 5.41) is 12.1. The van der Waals surface area contributed by atoms with Gasteiger partial charge in [-0.1, -0.05) is 23.2 Å². The van der Waals surface area contributed by atoms with Gasteiger partial charge in [-0.2, -0.15) is 11.8 Å². The first kappa shape index (κ1) is 16.1. The predicted molar refractivity (Wildman–Crippen MR) is 75.7 cm³/mol. The zero-order valence-corrected chi connectivity index (χ0v) is 12.3. The third-order valence-corrected chi connectivity index (χ3v) is 3.68. The highest BCUT2D eigenvalue weighted by Gasteiger charge is 2.18. The second kappa shape index (κ2) is 7.57. The van der Waals surface area contributed by atoms with Crippen LogP contribution in [0.1, 0.15) is 12.6 Å². The summed E-state index contributed by atoms with van der Waals surface area (Å²) < 4.78 is 0. The van der Waals surface area contributed by atoms with Crippen LogP contribution < -0.4 is 5.32 Å². The molecule has 0 aliphatic carbocycles. The molecule has 0 fully saturated rings. The van der Waals surface area contributed by atoms with Crippen LogP contribution in [-0.4, -0.2) is 33.8 Å². The largest absolute Gasteiger partial charge is 0.480 e. The van der Waals surface area contributed by atoms with Crippen molar-refractivity contribution < 1.29 is 14.7 Å². The summed E-state index contributed by atoms with van der Waals surface area (Å²) in [5.41, 5.74) is 0.589. The number of carboxylic acid groups (broad SMARTS) is 1. The molecule has 0 spiro atoms. The van der Waals surface area contributed by atoms with E-state index in [9.17, 15) is 9.59 Å². The highest BCUT2D eigenvalue weighted by molar-refractivity contribution is 7.98. The minimum absolute atomic E-state index is 0.222. The molecule has 0 saturated carbocycles. The van der Waals surface area contributed by atoms with Crippen molar-refractivity contribution >= 4 is 46.8 Å². The molecule has 1 rings (SSSR count). The van der Waals surface area contributed by atoms with Crippen LogP contribution in [0.25, 0.3) is 0 Å². The number of hydrogen-bond acceptors (Lipinski definition) is 4. The Bertz CT molecular complexity index is 485. The van der Waals surface area contributed by atoms with Crippen molar-refractivity contribution in [3.8, 4) is 0 Å². The molecule has 0 bridgehead atoms. The lowest BCUT2D eigenvalue weighted by molar-refractivity contribution is -0.140. The average Bonchev–Trinajstić information content (AvgIpc) is 2.31. The highest BCUT2D eigenvalue weighted by Crippen LogP contribution is 2.21. The Morgan fingerprint density at radius 3 is 2.74 bits per heavy atom. The summed E-state index contributed by atoms with van der Waals surface area (Å²) in [6.07, 6.45) is 0. The van der Waals surface area contributed by atoms with E-state index < -0.39 is 12.0 Å². The lowest BCUT2D eigenvalue weighted by atomic mass is 10.3. The van der Waals surface area contributed by atoms with Crippen LogP contribution in [-0.2, 0) is 15.3 Å². The standard InChI is InChI=1S/C11H12Cl2N2O3S/c1-6(16)14-9(11(17)18)5-19-4-8-7(12)2-3-10(13)15-8/h2-3,9H,4-5H2,1H3,(H,14,16)(H,17,18)/t9-/m0/s1. The molecule has 0 aromatic carbocycles. The number of halogens is 2. The molecule has 0 aliphatic rings. The molecule has 0 unspecified atom stereocenters. The second-order valence-electron chi connectivity index (χ2n) is 3.67. The molecule has 1 aromatic heterocycles. The maximum absolute atomic E-state index is 10.9. The van der Waals surface area contributed by atoms with E-state index in [0.717, 1.165) is 0 Å². The van der Waals surface area contributed by atoms with E-state index in [1.165, 1.54) is 18.7 Å². The second-order valence-corrected chi connectivity index (χ2v) is 5.49. The Kier molecular flexibility index (Phi) is 6.41. The lowest BCUT2D eigenvalue weighted by Crippen LogP contribution is -2.41. The number of nitrogens with zero attached hydrogens (tertiary/aromatic N) is 1. The van der Waals surface area contributed by atoms with Crippen molar-refractivity contribution in [3.63, 3.8) is 0 Å². The molecule has 19 heavy (non-hydrogen) atoms. The van der Waals surface area contributed by atoms with Crippen molar-refractivity contribution in [1.82, 2.24) is 10.3 Å². The zero-order valence-electron chi connectivity index (χ0n) is 10.0. The number of aliphatic carboxylic acids is 1. The topological polar surface area (TPSA) is 79.3 Å². The number of rotatable bonds is 6. The van der Waals surface area contributed by atoms with Gasteiger partial charge in [0.15, 0.2) is 0 Å². The van der Waals surface area contributed by atoms with Gasteiger partial charge in [0.1, 0.15) is 11.2 Å². The van der Waals surface area contributed by atoms with Gasteiger partial charge in [-0.25, -0.2) is 9.78 Å². The van der Waals surface area contributed by atoms with Crippen molar-refractivity contribution in [2.75, 3.05) is 5.75 Å². The fourth-order valence-electron chi connectivity index (χ4n) is 1.25. The molecule has 104 valence electrons. The number of carbonyl (C=O) groups excluding carboxylic acids is 1. The number of nitrogens with one attached hydrogen (secondary N) is 1. The number of aromatic nitrogens is 1. The van der Waals surface area contributed by atoms with Gasteiger partial charge >= 0.3 is 5.97 Å². The first-order valence-electron chi connectivity index (χ1n) is 5.28. The van der Waals surface area contributed by atoms with Crippen LogP contribution in [0.4, 0.5) is 0 Å². The van der Waals surface area contributed by atoms with Crippen LogP contribution in [0.15, 0.2) is 12.1 Å². The molecular formula is C11H12Cl2N2O3S. The molecule has 1 aromatic rings. The maximum Gasteiger partial charge on any atom is 0.327 e. The van der Waals surface area contributed by atoms with Crippen LogP contribution in [0, 0.1) is 0 Å². The first-order valence-corrected chi connectivity index (χ1v) is 7.19. The molecule has 8 heteroatoms. The minimum Gasteiger partial charge on any atom is -0.480 e. The molecule has 1 atom stereocenters. The van der Waals surface area contributed by atoms with E-state index in [1.807, 2.05) is 0 Å². The Hall–Kier alpha value is -0.980. The summed E-state index contributed by atoms with van der Waals surface area (Å²) in [6, 6.07) is 2.28. The lowest BCUT2D eigenvalue weighted by Gasteiger charge is -2.12. The number of carboxylic acids is 1. The number of thioether (sulfide) groups is 1. The van der Waals surface area contributed by atoms with Crippen molar-refractivity contribution in [2.45, 2.75) is 18.7 Å². The zero-order chi connectivity index (χ0) is 14.4. The molecule has 5 nitrogen and oxygen atoms in total. The highest BCUT2D eigenvalue weighted by atomic mass is 35.5. The molecule has 0 saturated heterocycles. The van der Waals surface area contributed by atoms with Gasteiger partial charge in [-0.15, -0.1) is 0 Å². The number of pyridine rings is 1. The Morgan fingerprint density at radius 1 is 1.47 bits per heavy atom. The SMILES string of the molecule is CC(=O)N[C@@H](CSCc1nc(Cl)ccc1Cl)C(=O)O. The molecule has 0 aliphatic heterocycles. The average molecular weight is 323 g/mol. The Balaban J connectivity index is 2.54. The molecule has 2 N–H and O–H groups in total. The van der Waals surface area contributed by atoms with Gasteiger partial charge in [0.25, 0.3) is 0 Å². The van der Waals surface area contributed by atoms with E-state index in [2.05, 4.69) is 10.3 Å². The summed E-state index contributed by atoms with van der Waals surface area (Å²) in [7, 11) is 0. The van der Waals surface area contributed by atoms with E-state index in [1.54, 1.807) is 12.1 Å². The van der Waals surface area contributed by atoms with Crippen LogP contribution in [0.3, 0.4) is 0 Å². The number of amides is 1. The van der Waals surface area contributed by atoms with Gasteiger partial charge < -0.3 is 10.4 Å². The molecular weight excluding hydrogens is 311 g/mol. The Morgan fingerprint density at radius 2 is 2.16 bits per heavy atom. The third kappa shape index (κ3) is 5.67. The minimum atomic E-state index is -1.08. The smallest absolute Gasteiger partial charge is 0.327 e. The van der Waals surface area contributed by atoms with Crippen LogP contribution >= 0.6 is 35.0 Å². The number of hydrogen-bond donors (Lipinski definition) is 2. The van der Waals surface area contributed by atoms with Crippen molar-refractivity contribution in [3.05, 3.63) is 28.0 Å². The fraction of sp³-hybridized carbons (Fsp3) is 0.364. The molecule has 0 radical (unpaired) electrons. The number of carbonyl (C=O) groups is 2. The van der Waals surface area contributed by atoms with Crippen LogP contribution in [0.2, 0.25) is 10.2 Å². The summed E-state index contributed by atoms with van der Waals surface area (Å²) in [5.74, 6) is -0.817. The van der Waals surface area contributed by atoms with Gasteiger partial charge in [-0.3, -0.25) is 4.79 Å². The predicted octanol–water partition coefficient (Wildman–Crippen LogP) is 2.21. The summed E-state index contributed by atoms with van der Waals surface area (Å²) >= 11 is 13.0. The maximum atomic E-state index is 10.9.